The van der Waals surface area contributed by atoms with Gasteiger partial charge in [-0.2, -0.15) is 0 Å². The minimum Gasteiger partial charge on any atom is -0.439 e. The lowest BCUT2D eigenvalue weighted by Gasteiger charge is -2.11. The highest BCUT2D eigenvalue weighted by molar-refractivity contribution is 9.10. The number of hydrogen-bond donors (Lipinski definition) is 1. The smallest absolute Gasteiger partial charge is 0.240 e. The Labute approximate surface area is 166 Å². The number of aryl methyl sites for hydroxylation is 1. The van der Waals surface area contributed by atoms with Crippen molar-refractivity contribution in [2.75, 3.05) is 0 Å². The van der Waals surface area contributed by atoms with E-state index in [-0.39, 0.29) is 11.4 Å². The zero-order valence-corrected chi connectivity index (χ0v) is 17.2. The maximum atomic E-state index is 12.5. The largest absolute Gasteiger partial charge is 0.439 e. The fourth-order valence-corrected chi connectivity index (χ4v) is 3.61. The summed E-state index contributed by atoms with van der Waals surface area (Å²) < 4.78 is 34.1. The Balaban J connectivity index is 1.69. The third-order valence-electron chi connectivity index (χ3n) is 4.08. The van der Waals surface area contributed by atoms with Gasteiger partial charge in [0.15, 0.2) is 0 Å². The molecule has 0 aliphatic rings. The summed E-state index contributed by atoms with van der Waals surface area (Å²) in [4.78, 5) is 8.48. The Hall–Kier alpha value is -2.29. The molecule has 27 heavy (non-hydrogen) atoms. The predicted molar refractivity (Wildman–Crippen MR) is 106 cm³/mol. The highest BCUT2D eigenvalue weighted by Crippen LogP contribution is 2.22. The average Bonchev–Trinajstić information content (AvgIpc) is 2.65. The Kier molecular flexibility index (Phi) is 5.88. The van der Waals surface area contributed by atoms with Crippen LogP contribution in [0.25, 0.3) is 0 Å². The molecule has 0 aliphatic heterocycles. The minimum atomic E-state index is -3.63. The predicted octanol–water partition coefficient (Wildman–Crippen LogP) is 4.13. The second-order valence-electron chi connectivity index (χ2n) is 5.89. The molecule has 1 aromatic carbocycles. The normalized spacial score (nSPS) is 11.4. The molecule has 0 unspecified atom stereocenters. The van der Waals surface area contributed by atoms with E-state index < -0.39 is 10.0 Å². The van der Waals surface area contributed by atoms with Crippen LogP contribution in [0.5, 0.6) is 11.6 Å². The van der Waals surface area contributed by atoms with Crippen molar-refractivity contribution < 1.29 is 13.2 Å². The topological polar surface area (TPSA) is 81.2 Å². The number of halogens is 1. The van der Waals surface area contributed by atoms with Gasteiger partial charge in [0, 0.05) is 35.2 Å². The quantitative estimate of drug-likeness (QED) is 0.614. The van der Waals surface area contributed by atoms with Crippen LogP contribution in [0.1, 0.15) is 16.8 Å². The lowest BCUT2D eigenvalue weighted by Crippen LogP contribution is -2.23. The van der Waals surface area contributed by atoms with Crippen molar-refractivity contribution in [2.24, 2.45) is 0 Å². The van der Waals surface area contributed by atoms with Crippen molar-refractivity contribution in [2.45, 2.75) is 25.3 Å². The number of hydrogen-bond acceptors (Lipinski definition) is 5. The second-order valence-corrected chi connectivity index (χ2v) is 8.58. The standard InChI is InChI=1S/C19H18BrN3O3S/c1-13-14(2)21-10-9-15(13)11-23-27(24,25)18-6-4-17(5-7-18)26-19-8-3-16(20)12-22-19/h3-10,12,23H,11H2,1-2H3. The summed E-state index contributed by atoms with van der Waals surface area (Å²) >= 11 is 3.31. The molecule has 0 amide bonds. The van der Waals surface area contributed by atoms with Crippen LogP contribution in [0.3, 0.4) is 0 Å². The van der Waals surface area contributed by atoms with Gasteiger partial charge in [-0.3, -0.25) is 4.98 Å². The lowest BCUT2D eigenvalue weighted by molar-refractivity contribution is 0.462. The Bertz CT molecular complexity index is 1040. The van der Waals surface area contributed by atoms with Crippen LogP contribution in [0.15, 0.2) is 64.2 Å². The van der Waals surface area contributed by atoms with Crippen LogP contribution in [0, 0.1) is 13.8 Å². The molecule has 0 fully saturated rings. The van der Waals surface area contributed by atoms with E-state index in [0.717, 1.165) is 21.3 Å². The Morgan fingerprint density at radius 1 is 1.04 bits per heavy atom. The van der Waals surface area contributed by atoms with Gasteiger partial charge in [0.2, 0.25) is 15.9 Å². The van der Waals surface area contributed by atoms with Gasteiger partial charge in [-0.05, 0) is 77.3 Å². The van der Waals surface area contributed by atoms with Gasteiger partial charge in [0.05, 0.1) is 4.90 Å². The van der Waals surface area contributed by atoms with Gasteiger partial charge in [0.1, 0.15) is 5.75 Å². The highest BCUT2D eigenvalue weighted by atomic mass is 79.9. The van der Waals surface area contributed by atoms with Crippen molar-refractivity contribution in [3.63, 3.8) is 0 Å². The first-order chi connectivity index (χ1) is 12.8. The first-order valence-corrected chi connectivity index (χ1v) is 10.4. The number of benzene rings is 1. The molecule has 2 heterocycles. The van der Waals surface area contributed by atoms with E-state index in [1.54, 1.807) is 30.6 Å². The monoisotopic (exact) mass is 447 g/mol. The van der Waals surface area contributed by atoms with Gasteiger partial charge in [-0.1, -0.05) is 0 Å². The van der Waals surface area contributed by atoms with Crippen LogP contribution in [0.4, 0.5) is 0 Å². The SMILES string of the molecule is Cc1nccc(CNS(=O)(=O)c2ccc(Oc3ccc(Br)cn3)cc2)c1C. The first-order valence-electron chi connectivity index (χ1n) is 8.15. The maximum Gasteiger partial charge on any atom is 0.240 e. The molecule has 8 heteroatoms. The number of ether oxygens (including phenoxy) is 1. The van der Waals surface area contributed by atoms with Crippen LogP contribution in [-0.4, -0.2) is 18.4 Å². The van der Waals surface area contributed by atoms with Crippen molar-refractivity contribution in [1.82, 2.24) is 14.7 Å². The van der Waals surface area contributed by atoms with Gasteiger partial charge in [-0.25, -0.2) is 18.1 Å². The molecule has 0 saturated carbocycles. The summed E-state index contributed by atoms with van der Waals surface area (Å²) in [6, 6.07) is 11.5. The molecule has 0 saturated heterocycles. The number of nitrogens with one attached hydrogen (secondary N) is 1. The zero-order valence-electron chi connectivity index (χ0n) is 14.8. The van der Waals surface area contributed by atoms with E-state index in [0.29, 0.717) is 11.6 Å². The minimum absolute atomic E-state index is 0.169. The van der Waals surface area contributed by atoms with Crippen LogP contribution >= 0.6 is 15.9 Å². The summed E-state index contributed by atoms with van der Waals surface area (Å²) in [6.07, 6.45) is 3.30. The summed E-state index contributed by atoms with van der Waals surface area (Å²) in [5.74, 6) is 0.930. The van der Waals surface area contributed by atoms with Crippen molar-refractivity contribution in [1.29, 1.82) is 0 Å². The molecule has 0 bridgehead atoms. The van der Waals surface area contributed by atoms with E-state index in [1.807, 2.05) is 26.0 Å². The number of aromatic nitrogens is 2. The van der Waals surface area contributed by atoms with E-state index in [2.05, 4.69) is 30.6 Å². The zero-order chi connectivity index (χ0) is 19.4. The Morgan fingerprint density at radius 3 is 2.44 bits per heavy atom. The van der Waals surface area contributed by atoms with E-state index in [9.17, 15) is 8.42 Å². The maximum absolute atomic E-state index is 12.5. The number of pyridine rings is 2. The third-order valence-corrected chi connectivity index (χ3v) is 5.96. The molecule has 2 aromatic heterocycles. The Morgan fingerprint density at radius 2 is 1.78 bits per heavy atom. The van der Waals surface area contributed by atoms with Gasteiger partial charge in [-0.15, -0.1) is 0 Å². The molecule has 0 radical (unpaired) electrons. The number of sulfonamides is 1. The molecular formula is C19H18BrN3O3S. The molecule has 3 rings (SSSR count). The molecular weight excluding hydrogens is 430 g/mol. The van der Waals surface area contributed by atoms with Crippen molar-refractivity contribution >= 4 is 26.0 Å². The molecule has 0 aliphatic carbocycles. The lowest BCUT2D eigenvalue weighted by atomic mass is 10.1. The van der Waals surface area contributed by atoms with Gasteiger partial charge < -0.3 is 4.74 Å². The number of nitrogens with zero attached hydrogens (tertiary/aromatic N) is 2. The highest BCUT2D eigenvalue weighted by Gasteiger charge is 2.15. The molecule has 0 spiro atoms. The average molecular weight is 448 g/mol. The number of rotatable bonds is 6. The molecule has 3 aromatic rings. The van der Waals surface area contributed by atoms with Crippen molar-refractivity contribution in [3.05, 3.63) is 76.2 Å². The van der Waals surface area contributed by atoms with E-state index in [1.165, 1.54) is 12.1 Å². The fourth-order valence-electron chi connectivity index (χ4n) is 2.37. The van der Waals surface area contributed by atoms with Crippen LogP contribution in [0.2, 0.25) is 0 Å². The van der Waals surface area contributed by atoms with E-state index in [4.69, 9.17) is 4.74 Å². The summed E-state index contributed by atoms with van der Waals surface area (Å²) in [5.41, 5.74) is 2.76. The van der Waals surface area contributed by atoms with E-state index >= 15 is 0 Å². The summed E-state index contributed by atoms with van der Waals surface area (Å²) in [6.45, 7) is 4.03. The van der Waals surface area contributed by atoms with Crippen LogP contribution < -0.4 is 9.46 Å². The molecule has 6 nitrogen and oxygen atoms in total. The second kappa shape index (κ2) is 8.16. The third kappa shape index (κ3) is 4.91. The summed E-state index contributed by atoms with van der Waals surface area (Å²) in [7, 11) is -3.63. The van der Waals surface area contributed by atoms with Crippen LogP contribution in [-0.2, 0) is 16.6 Å². The fraction of sp³-hybridized carbons (Fsp3) is 0.158. The summed E-state index contributed by atoms with van der Waals surface area (Å²) in [5, 5.41) is 0. The van der Waals surface area contributed by atoms with Gasteiger partial charge in [0.25, 0.3) is 0 Å². The molecule has 0 atom stereocenters. The van der Waals surface area contributed by atoms with Gasteiger partial charge >= 0.3 is 0 Å². The molecule has 140 valence electrons. The van der Waals surface area contributed by atoms with Crippen molar-refractivity contribution in [3.8, 4) is 11.6 Å². The molecule has 1 N–H and O–H groups in total. The first kappa shape index (κ1) is 19.5.